The van der Waals surface area contributed by atoms with Crippen LogP contribution in [0.15, 0.2) is 60.7 Å². The second kappa shape index (κ2) is 5.61. The van der Waals surface area contributed by atoms with E-state index in [9.17, 15) is 19.5 Å². The van der Waals surface area contributed by atoms with Crippen LogP contribution in [0.4, 0.5) is 0 Å². The number of amides is 2. The van der Waals surface area contributed by atoms with Gasteiger partial charge in [-0.15, -0.1) is 0 Å². The third-order valence-corrected chi connectivity index (χ3v) is 8.13. The standard InChI is InChI=1S/C26H21NO4/c1-25-21-16-9-5-6-10-17(16)22(20-15-8-4-3-7-14(15)11-12-18(20)21)26(25,2)24(31)27(23(25)30)13-19(28)29/h3-12,21-22H,13H2,1-2H3,(H,28,29)/t21-,22-,25+,26-/m1/s1. The number of hydrogen-bond acceptors (Lipinski definition) is 3. The van der Waals surface area contributed by atoms with Gasteiger partial charge in [-0.05, 0) is 46.9 Å². The van der Waals surface area contributed by atoms with Crippen LogP contribution < -0.4 is 0 Å². The van der Waals surface area contributed by atoms with Crippen LogP contribution in [0.25, 0.3) is 10.8 Å². The highest BCUT2D eigenvalue weighted by Crippen LogP contribution is 2.73. The minimum Gasteiger partial charge on any atom is -0.480 e. The summed E-state index contributed by atoms with van der Waals surface area (Å²) in [6, 6.07) is 20.3. The summed E-state index contributed by atoms with van der Waals surface area (Å²) >= 11 is 0. The number of carbonyl (C=O) groups is 3. The maximum Gasteiger partial charge on any atom is 0.323 e. The summed E-state index contributed by atoms with van der Waals surface area (Å²) in [5.41, 5.74) is 2.19. The van der Waals surface area contributed by atoms with Crippen LogP contribution >= 0.6 is 0 Å². The summed E-state index contributed by atoms with van der Waals surface area (Å²) in [6.07, 6.45) is 0. The van der Waals surface area contributed by atoms with E-state index in [2.05, 4.69) is 30.3 Å². The van der Waals surface area contributed by atoms with Gasteiger partial charge in [0.1, 0.15) is 6.54 Å². The van der Waals surface area contributed by atoms with Crippen LogP contribution in [0.1, 0.15) is 47.9 Å². The van der Waals surface area contributed by atoms with E-state index in [0.29, 0.717) is 0 Å². The van der Waals surface area contributed by atoms with Gasteiger partial charge in [-0.2, -0.15) is 0 Å². The van der Waals surface area contributed by atoms with E-state index in [1.54, 1.807) is 0 Å². The van der Waals surface area contributed by atoms with Crippen LogP contribution in [-0.2, 0) is 14.4 Å². The molecule has 5 nitrogen and oxygen atoms in total. The molecule has 0 unspecified atom stereocenters. The van der Waals surface area contributed by atoms with Crippen molar-refractivity contribution in [1.82, 2.24) is 4.90 Å². The Bertz CT molecular complexity index is 1340. The molecule has 31 heavy (non-hydrogen) atoms. The molecule has 0 spiro atoms. The zero-order chi connectivity index (χ0) is 21.7. The molecule has 4 aliphatic rings. The predicted octanol–water partition coefficient (Wildman–Crippen LogP) is 3.90. The molecule has 2 amide bonds. The number of carbonyl (C=O) groups excluding carboxylic acids is 2. The lowest BCUT2D eigenvalue weighted by molar-refractivity contribution is -0.150. The first-order valence-corrected chi connectivity index (χ1v) is 10.5. The van der Waals surface area contributed by atoms with Crippen molar-refractivity contribution in [3.63, 3.8) is 0 Å². The monoisotopic (exact) mass is 411 g/mol. The van der Waals surface area contributed by atoms with Crippen LogP contribution in [0.3, 0.4) is 0 Å². The fourth-order valence-electron chi connectivity index (χ4n) is 6.69. The van der Waals surface area contributed by atoms with E-state index >= 15 is 0 Å². The second-order valence-corrected chi connectivity index (χ2v) is 9.28. The molecule has 3 aliphatic carbocycles. The van der Waals surface area contributed by atoms with Crippen molar-refractivity contribution >= 4 is 28.6 Å². The highest BCUT2D eigenvalue weighted by molar-refractivity contribution is 6.14. The zero-order valence-electron chi connectivity index (χ0n) is 17.3. The van der Waals surface area contributed by atoms with Crippen molar-refractivity contribution in [3.05, 3.63) is 82.9 Å². The minimum atomic E-state index is -1.18. The quantitative estimate of drug-likeness (QED) is 0.649. The topological polar surface area (TPSA) is 74.7 Å². The van der Waals surface area contributed by atoms with Gasteiger partial charge in [0, 0.05) is 11.8 Å². The van der Waals surface area contributed by atoms with E-state index in [-0.39, 0.29) is 23.7 Å². The fraction of sp³-hybridized carbons (Fsp3) is 0.269. The molecular weight excluding hydrogens is 390 g/mol. The lowest BCUT2D eigenvalue weighted by Crippen LogP contribution is -2.56. The van der Waals surface area contributed by atoms with E-state index in [0.717, 1.165) is 37.9 Å². The smallest absolute Gasteiger partial charge is 0.323 e. The van der Waals surface area contributed by atoms with E-state index in [4.69, 9.17) is 0 Å². The first-order valence-electron chi connectivity index (χ1n) is 10.5. The minimum absolute atomic E-state index is 0.312. The largest absolute Gasteiger partial charge is 0.480 e. The van der Waals surface area contributed by atoms with Gasteiger partial charge in [0.05, 0.1) is 10.8 Å². The summed E-state index contributed by atoms with van der Waals surface area (Å²) in [7, 11) is 0. The molecule has 5 heteroatoms. The first kappa shape index (κ1) is 18.3. The molecule has 0 aromatic heterocycles. The molecule has 154 valence electrons. The van der Waals surface area contributed by atoms with Gasteiger partial charge in [0.25, 0.3) is 0 Å². The van der Waals surface area contributed by atoms with Gasteiger partial charge in [-0.3, -0.25) is 19.3 Å². The molecule has 1 N–H and O–H groups in total. The number of fused-ring (bicyclic) bond motifs is 1. The number of imide groups is 1. The van der Waals surface area contributed by atoms with E-state index in [1.807, 2.05) is 44.2 Å². The van der Waals surface area contributed by atoms with Crippen LogP contribution in [0, 0.1) is 10.8 Å². The molecule has 4 atom stereocenters. The molecule has 3 aromatic carbocycles. The third kappa shape index (κ3) is 1.86. The number of benzene rings is 3. The Balaban J connectivity index is 1.74. The van der Waals surface area contributed by atoms with Gasteiger partial charge < -0.3 is 5.11 Å². The molecule has 3 aromatic rings. The maximum absolute atomic E-state index is 13.8. The molecule has 0 radical (unpaired) electrons. The molecular formula is C26H21NO4. The van der Waals surface area contributed by atoms with Crippen molar-refractivity contribution in [3.8, 4) is 0 Å². The number of likely N-dealkylation sites (tertiary alicyclic amines) is 1. The first-order chi connectivity index (χ1) is 14.8. The Morgan fingerprint density at radius 1 is 0.839 bits per heavy atom. The summed E-state index contributed by atoms with van der Waals surface area (Å²) in [5.74, 6) is -2.58. The van der Waals surface area contributed by atoms with Crippen LogP contribution in [0.2, 0.25) is 0 Å². The van der Waals surface area contributed by atoms with Gasteiger partial charge >= 0.3 is 5.97 Å². The van der Waals surface area contributed by atoms with Crippen LogP contribution in [0.5, 0.6) is 0 Å². The maximum atomic E-state index is 13.8. The van der Waals surface area contributed by atoms with Gasteiger partial charge in [0.2, 0.25) is 11.8 Å². The summed E-state index contributed by atoms with van der Waals surface area (Å²) in [4.78, 5) is 40.0. The number of aliphatic carboxylic acids is 1. The number of nitrogens with zero attached hydrogens (tertiary/aromatic N) is 1. The van der Waals surface area contributed by atoms with Crippen molar-refractivity contribution in [2.24, 2.45) is 10.8 Å². The number of rotatable bonds is 2. The van der Waals surface area contributed by atoms with Crippen molar-refractivity contribution in [2.75, 3.05) is 6.54 Å². The Kier molecular flexibility index (Phi) is 3.31. The lowest BCUT2D eigenvalue weighted by atomic mass is 9.42. The van der Waals surface area contributed by atoms with Gasteiger partial charge in [-0.25, -0.2) is 0 Å². The molecule has 1 saturated heterocycles. The Hall–Kier alpha value is -3.47. The van der Waals surface area contributed by atoms with Crippen molar-refractivity contribution in [1.29, 1.82) is 0 Å². The average molecular weight is 411 g/mol. The summed E-state index contributed by atoms with van der Waals surface area (Å²) in [5, 5.41) is 11.6. The lowest BCUT2D eigenvalue weighted by Gasteiger charge is -2.57. The molecule has 1 aliphatic heterocycles. The molecule has 2 bridgehead atoms. The Morgan fingerprint density at radius 3 is 2.10 bits per heavy atom. The molecule has 1 heterocycles. The normalized spacial score (nSPS) is 30.3. The Morgan fingerprint density at radius 2 is 1.42 bits per heavy atom. The third-order valence-electron chi connectivity index (χ3n) is 8.13. The molecule has 0 saturated carbocycles. The average Bonchev–Trinajstić information content (AvgIpc) is 2.92. The second-order valence-electron chi connectivity index (χ2n) is 9.28. The van der Waals surface area contributed by atoms with E-state index in [1.165, 1.54) is 0 Å². The Labute approximate surface area is 179 Å². The van der Waals surface area contributed by atoms with E-state index < -0.39 is 23.3 Å². The van der Waals surface area contributed by atoms with Gasteiger partial charge in [-0.1, -0.05) is 60.7 Å². The van der Waals surface area contributed by atoms with Crippen molar-refractivity contribution in [2.45, 2.75) is 25.7 Å². The fourth-order valence-corrected chi connectivity index (χ4v) is 6.69. The number of hydrogen-bond donors (Lipinski definition) is 1. The predicted molar refractivity (Wildman–Crippen MR) is 115 cm³/mol. The zero-order valence-corrected chi connectivity index (χ0v) is 17.3. The molecule has 1 fully saturated rings. The highest BCUT2D eigenvalue weighted by atomic mass is 16.4. The van der Waals surface area contributed by atoms with Crippen molar-refractivity contribution < 1.29 is 19.5 Å². The SMILES string of the molecule is C[C@@]12C(=O)N(CC(=O)O)C(=O)[C@]1(C)[C@@H]1c3ccccc3[C@@H]2c2c1ccc1ccccc21. The number of carboxylic acids is 1. The number of carboxylic acid groups (broad SMARTS) is 1. The summed E-state index contributed by atoms with van der Waals surface area (Å²) < 4.78 is 0. The molecule has 7 rings (SSSR count). The van der Waals surface area contributed by atoms with Gasteiger partial charge in [0.15, 0.2) is 0 Å². The summed E-state index contributed by atoms with van der Waals surface area (Å²) in [6.45, 7) is 3.13. The van der Waals surface area contributed by atoms with Crippen LogP contribution in [-0.4, -0.2) is 34.3 Å². The highest BCUT2D eigenvalue weighted by Gasteiger charge is 2.75.